The summed E-state index contributed by atoms with van der Waals surface area (Å²) >= 11 is 1.79. The molecule has 1 aromatic rings. The van der Waals surface area contributed by atoms with Crippen LogP contribution >= 0.6 is 11.3 Å². The van der Waals surface area contributed by atoms with Gasteiger partial charge in [0.2, 0.25) is 0 Å². The first-order valence-electron chi connectivity index (χ1n) is 5.98. The van der Waals surface area contributed by atoms with E-state index in [0.717, 1.165) is 12.5 Å². The third kappa shape index (κ3) is 2.40. The highest BCUT2D eigenvalue weighted by molar-refractivity contribution is 7.09. The van der Waals surface area contributed by atoms with Gasteiger partial charge in [0.25, 0.3) is 0 Å². The lowest BCUT2D eigenvalue weighted by molar-refractivity contribution is 0.289. The summed E-state index contributed by atoms with van der Waals surface area (Å²) in [5.74, 6) is 0. The van der Waals surface area contributed by atoms with Crippen molar-refractivity contribution in [3.8, 4) is 0 Å². The molecule has 1 unspecified atom stereocenters. The molecular formula is C12H20N2S. The zero-order chi connectivity index (χ0) is 10.7. The molecule has 2 nitrogen and oxygen atoms in total. The Labute approximate surface area is 96.1 Å². The number of rotatable bonds is 6. The van der Waals surface area contributed by atoms with Gasteiger partial charge in [-0.25, -0.2) is 4.98 Å². The second kappa shape index (κ2) is 4.62. The van der Waals surface area contributed by atoms with Crippen molar-refractivity contribution in [3.63, 3.8) is 0 Å². The maximum atomic E-state index is 4.52. The summed E-state index contributed by atoms with van der Waals surface area (Å²) in [6, 6.07) is 0.750. The van der Waals surface area contributed by atoms with Crippen LogP contribution in [0.1, 0.15) is 51.0 Å². The highest BCUT2D eigenvalue weighted by Crippen LogP contribution is 2.35. The van der Waals surface area contributed by atoms with Gasteiger partial charge in [-0.2, -0.15) is 0 Å². The van der Waals surface area contributed by atoms with Gasteiger partial charge in [-0.1, -0.05) is 20.3 Å². The van der Waals surface area contributed by atoms with Crippen molar-refractivity contribution in [1.82, 2.24) is 10.3 Å². The van der Waals surface area contributed by atoms with E-state index in [2.05, 4.69) is 29.5 Å². The summed E-state index contributed by atoms with van der Waals surface area (Å²) in [5, 5.41) is 7.17. The van der Waals surface area contributed by atoms with E-state index in [4.69, 9.17) is 0 Å². The van der Waals surface area contributed by atoms with E-state index >= 15 is 0 Å². The molecule has 2 rings (SSSR count). The van der Waals surface area contributed by atoms with E-state index in [-0.39, 0.29) is 5.54 Å². The minimum atomic E-state index is 0.157. The second-order valence-electron chi connectivity index (χ2n) is 4.44. The Morgan fingerprint density at radius 3 is 2.80 bits per heavy atom. The smallest absolute Gasteiger partial charge is 0.113 e. The summed E-state index contributed by atoms with van der Waals surface area (Å²) < 4.78 is 0. The highest BCUT2D eigenvalue weighted by Gasteiger charge is 2.37. The summed E-state index contributed by atoms with van der Waals surface area (Å²) in [6.45, 7) is 4.53. The number of hydrogen-bond acceptors (Lipinski definition) is 3. The SMILES string of the molecule is CCCC(CC)(NC1CC1)c1nccs1. The van der Waals surface area contributed by atoms with Crippen LogP contribution in [0.3, 0.4) is 0 Å². The van der Waals surface area contributed by atoms with Crippen molar-refractivity contribution in [2.75, 3.05) is 0 Å². The number of thiazole rings is 1. The van der Waals surface area contributed by atoms with Gasteiger partial charge < -0.3 is 5.32 Å². The van der Waals surface area contributed by atoms with Gasteiger partial charge in [-0.05, 0) is 25.7 Å². The van der Waals surface area contributed by atoms with E-state index in [1.807, 2.05) is 6.20 Å². The summed E-state index contributed by atoms with van der Waals surface area (Å²) in [5.41, 5.74) is 0.157. The molecule has 1 fully saturated rings. The van der Waals surface area contributed by atoms with Crippen LogP contribution in [0.2, 0.25) is 0 Å². The van der Waals surface area contributed by atoms with Crippen molar-refractivity contribution in [2.24, 2.45) is 0 Å². The van der Waals surface area contributed by atoms with Crippen molar-refractivity contribution in [2.45, 2.75) is 57.5 Å². The van der Waals surface area contributed by atoms with Crippen LogP contribution in [0.5, 0.6) is 0 Å². The standard InChI is InChI=1S/C12H20N2S/c1-3-7-12(4-2,14-10-5-6-10)11-13-8-9-15-11/h8-10,14H,3-7H2,1-2H3. The van der Waals surface area contributed by atoms with E-state index in [0.29, 0.717) is 0 Å². The lowest BCUT2D eigenvalue weighted by atomic mass is 9.91. The average Bonchev–Trinajstić information content (AvgIpc) is 2.88. The lowest BCUT2D eigenvalue weighted by Crippen LogP contribution is -2.43. The lowest BCUT2D eigenvalue weighted by Gasteiger charge is -2.32. The van der Waals surface area contributed by atoms with Crippen LogP contribution in [-0.4, -0.2) is 11.0 Å². The summed E-state index contributed by atoms with van der Waals surface area (Å²) in [4.78, 5) is 4.52. The quantitative estimate of drug-likeness (QED) is 0.802. The van der Waals surface area contributed by atoms with Crippen LogP contribution in [-0.2, 0) is 5.54 Å². The molecule has 0 aliphatic heterocycles. The number of nitrogens with zero attached hydrogens (tertiary/aromatic N) is 1. The van der Waals surface area contributed by atoms with E-state index < -0.39 is 0 Å². The van der Waals surface area contributed by atoms with Crippen LogP contribution in [0.15, 0.2) is 11.6 Å². The van der Waals surface area contributed by atoms with Gasteiger partial charge in [0.1, 0.15) is 5.01 Å². The fourth-order valence-electron chi connectivity index (χ4n) is 2.18. The molecule has 0 saturated heterocycles. The van der Waals surface area contributed by atoms with Crippen molar-refractivity contribution in [3.05, 3.63) is 16.6 Å². The van der Waals surface area contributed by atoms with Crippen LogP contribution in [0.4, 0.5) is 0 Å². The van der Waals surface area contributed by atoms with Gasteiger partial charge in [0, 0.05) is 17.6 Å². The minimum absolute atomic E-state index is 0.157. The Morgan fingerprint density at radius 1 is 1.53 bits per heavy atom. The molecule has 1 N–H and O–H groups in total. The first-order chi connectivity index (χ1) is 7.30. The molecule has 1 saturated carbocycles. The molecule has 1 heterocycles. The molecule has 1 aromatic heterocycles. The normalized spacial score (nSPS) is 20.1. The van der Waals surface area contributed by atoms with Gasteiger partial charge >= 0.3 is 0 Å². The maximum absolute atomic E-state index is 4.52. The number of aromatic nitrogens is 1. The van der Waals surface area contributed by atoms with E-state index in [9.17, 15) is 0 Å². The van der Waals surface area contributed by atoms with E-state index in [1.165, 1.54) is 30.7 Å². The predicted molar refractivity (Wildman–Crippen MR) is 65.1 cm³/mol. The van der Waals surface area contributed by atoms with Crippen LogP contribution in [0.25, 0.3) is 0 Å². The van der Waals surface area contributed by atoms with Crippen molar-refractivity contribution >= 4 is 11.3 Å². The first kappa shape index (κ1) is 11.1. The van der Waals surface area contributed by atoms with Crippen molar-refractivity contribution < 1.29 is 0 Å². The molecule has 0 amide bonds. The molecule has 0 aromatic carbocycles. The Bertz CT molecular complexity index is 293. The predicted octanol–water partition coefficient (Wildman–Crippen LogP) is 3.30. The molecule has 0 radical (unpaired) electrons. The van der Waals surface area contributed by atoms with Gasteiger partial charge in [0.05, 0.1) is 5.54 Å². The van der Waals surface area contributed by atoms with Crippen LogP contribution in [0, 0.1) is 0 Å². The Kier molecular flexibility index (Phi) is 3.42. The zero-order valence-electron chi connectivity index (χ0n) is 9.62. The second-order valence-corrected chi connectivity index (χ2v) is 5.34. The highest BCUT2D eigenvalue weighted by atomic mass is 32.1. The van der Waals surface area contributed by atoms with E-state index in [1.54, 1.807) is 11.3 Å². The summed E-state index contributed by atoms with van der Waals surface area (Å²) in [6.07, 6.45) is 8.17. The number of hydrogen-bond donors (Lipinski definition) is 1. The van der Waals surface area contributed by atoms with Crippen LogP contribution < -0.4 is 5.32 Å². The Morgan fingerprint density at radius 2 is 2.33 bits per heavy atom. The van der Waals surface area contributed by atoms with Gasteiger partial charge in [-0.15, -0.1) is 11.3 Å². The van der Waals surface area contributed by atoms with Gasteiger partial charge in [0.15, 0.2) is 0 Å². The molecule has 1 atom stereocenters. The van der Waals surface area contributed by atoms with Gasteiger partial charge in [-0.3, -0.25) is 0 Å². The topological polar surface area (TPSA) is 24.9 Å². The Balaban J connectivity index is 2.18. The van der Waals surface area contributed by atoms with Crippen molar-refractivity contribution in [1.29, 1.82) is 0 Å². The molecule has 15 heavy (non-hydrogen) atoms. The fraction of sp³-hybridized carbons (Fsp3) is 0.750. The molecule has 0 spiro atoms. The number of nitrogens with one attached hydrogen (secondary N) is 1. The monoisotopic (exact) mass is 224 g/mol. The zero-order valence-corrected chi connectivity index (χ0v) is 10.4. The molecular weight excluding hydrogens is 204 g/mol. The largest absolute Gasteiger partial charge is 0.303 e. The average molecular weight is 224 g/mol. The molecule has 84 valence electrons. The third-order valence-electron chi connectivity index (χ3n) is 3.18. The minimum Gasteiger partial charge on any atom is -0.303 e. The molecule has 3 heteroatoms. The third-order valence-corrected chi connectivity index (χ3v) is 4.16. The first-order valence-corrected chi connectivity index (χ1v) is 6.86. The molecule has 1 aliphatic carbocycles. The fourth-order valence-corrected chi connectivity index (χ4v) is 3.08. The Hall–Kier alpha value is -0.410. The summed E-state index contributed by atoms with van der Waals surface area (Å²) in [7, 11) is 0. The molecule has 0 bridgehead atoms. The molecule has 1 aliphatic rings. The maximum Gasteiger partial charge on any atom is 0.113 e.